The Labute approximate surface area is 133 Å². The molecule has 1 heterocycles. The lowest BCUT2D eigenvalue weighted by molar-refractivity contribution is 0.107. The third-order valence-corrected chi connectivity index (χ3v) is 9.54. The first kappa shape index (κ1) is 16.9. The molecule has 118 valence electrons. The summed E-state index contributed by atoms with van der Waals surface area (Å²) in [6.07, 6.45) is 1.63. The summed E-state index contributed by atoms with van der Waals surface area (Å²) in [5.74, 6) is 0.246. The summed E-state index contributed by atoms with van der Waals surface area (Å²) in [5, 5.41) is 10.2. The lowest BCUT2D eigenvalue weighted by Crippen LogP contribution is -2.43. The molecular weight excluding hydrogens is 302 g/mol. The Morgan fingerprint density at radius 1 is 1.38 bits per heavy atom. The van der Waals surface area contributed by atoms with Gasteiger partial charge in [-0.2, -0.15) is 0 Å². The average molecular weight is 328 g/mol. The van der Waals surface area contributed by atoms with Crippen LogP contribution in [0, 0.1) is 5.92 Å². The van der Waals surface area contributed by atoms with E-state index in [-0.39, 0.29) is 23.7 Å². The second kappa shape index (κ2) is 5.99. The van der Waals surface area contributed by atoms with E-state index in [1.807, 2.05) is 12.1 Å². The first-order valence-corrected chi connectivity index (χ1v) is 10.9. The Kier molecular flexibility index (Phi) is 4.83. The molecule has 0 spiro atoms. The van der Waals surface area contributed by atoms with Crippen molar-refractivity contribution in [1.82, 2.24) is 4.98 Å². The highest BCUT2D eigenvalue weighted by molar-refractivity contribution is 6.74. The predicted octanol–water partition coefficient (Wildman–Crippen LogP) is 4.35. The van der Waals surface area contributed by atoms with Gasteiger partial charge in [-0.25, -0.2) is 4.98 Å². The number of aromatic nitrogens is 1. The summed E-state index contributed by atoms with van der Waals surface area (Å²) in [6.45, 7) is 11.4. The molecule has 1 aromatic rings. The highest BCUT2D eigenvalue weighted by atomic mass is 35.5. The van der Waals surface area contributed by atoms with Crippen molar-refractivity contribution in [3.63, 3.8) is 0 Å². The quantitative estimate of drug-likeness (QED) is 0.662. The maximum atomic E-state index is 9.56. The summed E-state index contributed by atoms with van der Waals surface area (Å²) >= 11 is 6.07. The first-order chi connectivity index (χ1) is 9.64. The maximum absolute atomic E-state index is 9.56. The Hall–Kier alpha value is -0.423. The molecule has 1 aliphatic rings. The molecule has 2 atom stereocenters. The van der Waals surface area contributed by atoms with Gasteiger partial charge in [0, 0.05) is 6.61 Å². The molecule has 0 aliphatic heterocycles. The van der Waals surface area contributed by atoms with Gasteiger partial charge >= 0.3 is 0 Å². The Morgan fingerprint density at radius 2 is 2.05 bits per heavy atom. The Morgan fingerprint density at radius 3 is 2.62 bits per heavy atom. The van der Waals surface area contributed by atoms with Gasteiger partial charge in [0.1, 0.15) is 5.15 Å². The fraction of sp³-hybridized carbons (Fsp3) is 0.688. The summed E-state index contributed by atoms with van der Waals surface area (Å²) in [7, 11) is -1.89. The van der Waals surface area contributed by atoms with Crippen molar-refractivity contribution in [1.29, 1.82) is 0 Å². The van der Waals surface area contributed by atoms with Crippen LogP contribution >= 0.6 is 11.6 Å². The molecule has 1 aliphatic carbocycles. The van der Waals surface area contributed by atoms with Gasteiger partial charge in [-0.15, -0.1) is 0 Å². The van der Waals surface area contributed by atoms with Crippen molar-refractivity contribution in [2.24, 2.45) is 5.92 Å². The maximum Gasteiger partial charge on any atom is 0.192 e. The van der Waals surface area contributed by atoms with E-state index >= 15 is 0 Å². The number of hydrogen-bond donors (Lipinski definition) is 1. The van der Waals surface area contributed by atoms with Crippen LogP contribution in [-0.2, 0) is 10.8 Å². The van der Waals surface area contributed by atoms with Crippen LogP contribution in [0.1, 0.15) is 44.6 Å². The van der Waals surface area contributed by atoms with E-state index in [1.54, 1.807) is 0 Å². The second-order valence-corrected chi connectivity index (χ2v) is 12.7. The van der Waals surface area contributed by atoms with Crippen molar-refractivity contribution in [3.8, 4) is 0 Å². The minimum absolute atomic E-state index is 0.0505. The second-order valence-electron chi connectivity index (χ2n) is 7.53. The SMILES string of the molecule is CC(C)(C)[Si](C)(C)OC1CC(CO)Cc2ccc(Cl)nc21. The van der Waals surface area contributed by atoms with E-state index in [0.29, 0.717) is 5.15 Å². The van der Waals surface area contributed by atoms with Crippen molar-refractivity contribution in [2.45, 2.75) is 57.8 Å². The molecule has 3 nitrogen and oxygen atoms in total. The Bertz CT molecular complexity index is 513. The average Bonchev–Trinajstić information content (AvgIpc) is 2.37. The number of hydrogen-bond acceptors (Lipinski definition) is 3. The van der Waals surface area contributed by atoms with Crippen LogP contribution in [0.3, 0.4) is 0 Å². The molecule has 1 N–H and O–H groups in total. The Balaban J connectivity index is 2.33. The molecule has 21 heavy (non-hydrogen) atoms. The largest absolute Gasteiger partial charge is 0.408 e. The van der Waals surface area contributed by atoms with E-state index in [1.165, 1.54) is 0 Å². The first-order valence-electron chi connectivity index (χ1n) is 7.58. The van der Waals surface area contributed by atoms with Crippen LogP contribution < -0.4 is 0 Å². The van der Waals surface area contributed by atoms with E-state index in [9.17, 15) is 5.11 Å². The number of halogens is 1. The van der Waals surface area contributed by atoms with Gasteiger partial charge in [-0.05, 0) is 48.5 Å². The number of nitrogens with zero attached hydrogens (tertiary/aromatic N) is 1. The number of fused-ring (bicyclic) bond motifs is 1. The fourth-order valence-electron chi connectivity index (χ4n) is 2.51. The van der Waals surface area contributed by atoms with Crippen molar-refractivity contribution in [3.05, 3.63) is 28.5 Å². The van der Waals surface area contributed by atoms with E-state index in [2.05, 4.69) is 38.8 Å². The summed E-state index contributed by atoms with van der Waals surface area (Å²) in [5.41, 5.74) is 2.13. The third kappa shape index (κ3) is 3.67. The van der Waals surface area contributed by atoms with Crippen LogP contribution in [0.15, 0.2) is 12.1 Å². The van der Waals surface area contributed by atoms with Gasteiger partial charge < -0.3 is 9.53 Å². The fourth-order valence-corrected chi connectivity index (χ4v) is 3.94. The molecule has 0 saturated carbocycles. The summed E-state index contributed by atoms with van der Waals surface area (Å²) in [6, 6.07) is 3.85. The van der Waals surface area contributed by atoms with Gasteiger partial charge in [0.15, 0.2) is 8.32 Å². The standard InChI is InChI=1S/C16H26ClNO2Si/c1-16(2,3)21(4,5)20-13-9-11(10-19)8-12-6-7-14(17)18-15(12)13/h6-7,11,13,19H,8-10H2,1-5H3. The third-order valence-electron chi connectivity index (χ3n) is 4.84. The molecular formula is C16H26ClNO2Si. The molecule has 5 heteroatoms. The minimum Gasteiger partial charge on any atom is -0.408 e. The molecule has 2 rings (SSSR count). The molecule has 0 bridgehead atoms. The van der Waals surface area contributed by atoms with Crippen LogP contribution in [0.2, 0.25) is 23.3 Å². The van der Waals surface area contributed by atoms with E-state index in [0.717, 1.165) is 24.1 Å². The summed E-state index contributed by atoms with van der Waals surface area (Å²) < 4.78 is 6.56. The monoisotopic (exact) mass is 327 g/mol. The normalized spacial score (nSPS) is 23.0. The van der Waals surface area contributed by atoms with Gasteiger partial charge in [0.2, 0.25) is 0 Å². The van der Waals surface area contributed by atoms with E-state index in [4.69, 9.17) is 16.0 Å². The molecule has 0 fully saturated rings. The number of pyridine rings is 1. The van der Waals surface area contributed by atoms with Crippen LogP contribution in [0.25, 0.3) is 0 Å². The predicted molar refractivity (Wildman–Crippen MR) is 89.2 cm³/mol. The molecule has 0 aromatic carbocycles. The zero-order valence-electron chi connectivity index (χ0n) is 13.6. The highest BCUT2D eigenvalue weighted by Crippen LogP contribution is 2.43. The van der Waals surface area contributed by atoms with Crippen LogP contribution in [-0.4, -0.2) is 25.0 Å². The van der Waals surface area contributed by atoms with Crippen molar-refractivity contribution >= 4 is 19.9 Å². The summed E-state index contributed by atoms with van der Waals surface area (Å²) in [4.78, 5) is 4.51. The highest BCUT2D eigenvalue weighted by Gasteiger charge is 2.41. The van der Waals surface area contributed by atoms with Crippen LogP contribution in [0.4, 0.5) is 0 Å². The van der Waals surface area contributed by atoms with Crippen molar-refractivity contribution < 1.29 is 9.53 Å². The van der Waals surface area contributed by atoms with Crippen molar-refractivity contribution in [2.75, 3.05) is 6.61 Å². The minimum atomic E-state index is -1.89. The zero-order valence-corrected chi connectivity index (χ0v) is 15.4. The van der Waals surface area contributed by atoms with Gasteiger partial charge in [0.25, 0.3) is 0 Å². The number of aliphatic hydroxyl groups excluding tert-OH is 1. The zero-order chi connectivity index (χ0) is 15.8. The smallest absolute Gasteiger partial charge is 0.192 e. The topological polar surface area (TPSA) is 42.4 Å². The lowest BCUT2D eigenvalue weighted by atomic mass is 9.85. The molecule has 0 saturated heterocycles. The van der Waals surface area contributed by atoms with Crippen LogP contribution in [0.5, 0.6) is 0 Å². The molecule has 0 amide bonds. The molecule has 1 aromatic heterocycles. The van der Waals surface area contributed by atoms with Gasteiger partial charge in [-0.3, -0.25) is 0 Å². The number of aliphatic hydroxyl groups is 1. The van der Waals surface area contributed by atoms with Gasteiger partial charge in [0.05, 0.1) is 11.8 Å². The molecule has 2 unspecified atom stereocenters. The number of rotatable bonds is 3. The van der Waals surface area contributed by atoms with E-state index < -0.39 is 8.32 Å². The lowest BCUT2D eigenvalue weighted by Gasteiger charge is -2.41. The van der Waals surface area contributed by atoms with Gasteiger partial charge in [-0.1, -0.05) is 38.4 Å². The molecule has 0 radical (unpaired) electrons.